The number of nitrogens with zero attached hydrogens (tertiary/aromatic N) is 1. The molecule has 0 aromatic heterocycles. The second-order valence-electron chi connectivity index (χ2n) is 8.70. The molecule has 0 saturated carbocycles. The summed E-state index contributed by atoms with van der Waals surface area (Å²) >= 11 is 0. The summed E-state index contributed by atoms with van der Waals surface area (Å²) in [4.78, 5) is 53.6. The molecule has 4 amide bonds. The molecule has 3 aliphatic rings. The quantitative estimate of drug-likeness (QED) is 0.617. The van der Waals surface area contributed by atoms with Gasteiger partial charge >= 0.3 is 0 Å². The highest BCUT2D eigenvalue weighted by Gasteiger charge is 2.70. The van der Waals surface area contributed by atoms with E-state index < -0.39 is 35.4 Å². The molecule has 5 rings (SSSR count). The molecule has 0 unspecified atom stereocenters. The Balaban J connectivity index is 1.61. The Morgan fingerprint density at radius 3 is 2.47 bits per heavy atom. The predicted octanol–water partition coefficient (Wildman–Crippen LogP) is 1.43. The Morgan fingerprint density at radius 1 is 1.06 bits per heavy atom. The number of para-hydroxylation sites is 1. The van der Waals surface area contributed by atoms with Crippen LogP contribution in [-0.4, -0.2) is 34.6 Å². The van der Waals surface area contributed by atoms with E-state index in [1.807, 2.05) is 37.3 Å². The number of fused-ring (bicyclic) bond motifs is 4. The van der Waals surface area contributed by atoms with Gasteiger partial charge in [0.05, 0.1) is 17.9 Å². The van der Waals surface area contributed by atoms with Crippen LogP contribution in [-0.2, 0) is 24.7 Å². The minimum Gasteiger partial charge on any atom is -0.370 e. The minimum absolute atomic E-state index is 0.0515. The molecule has 8 nitrogen and oxygen atoms in total. The average Bonchev–Trinajstić information content (AvgIpc) is 3.37. The zero-order valence-electron chi connectivity index (χ0n) is 17.6. The minimum atomic E-state index is -1.36. The number of imide groups is 1. The van der Waals surface area contributed by atoms with Crippen LogP contribution in [0.1, 0.15) is 36.9 Å². The largest absolute Gasteiger partial charge is 0.370 e. The van der Waals surface area contributed by atoms with Crippen molar-refractivity contribution < 1.29 is 19.2 Å². The lowest BCUT2D eigenvalue weighted by Gasteiger charge is -2.31. The van der Waals surface area contributed by atoms with Crippen LogP contribution in [0.2, 0.25) is 0 Å². The van der Waals surface area contributed by atoms with Gasteiger partial charge in [0.1, 0.15) is 5.54 Å². The summed E-state index contributed by atoms with van der Waals surface area (Å²) in [6, 6.07) is 15.5. The van der Waals surface area contributed by atoms with E-state index in [1.54, 1.807) is 24.3 Å². The molecule has 1 spiro atoms. The van der Waals surface area contributed by atoms with Gasteiger partial charge in [0.2, 0.25) is 23.6 Å². The van der Waals surface area contributed by atoms with Crippen LogP contribution in [0, 0.1) is 11.8 Å². The summed E-state index contributed by atoms with van der Waals surface area (Å²) in [5.41, 5.74) is 6.11. The van der Waals surface area contributed by atoms with Gasteiger partial charge in [0.15, 0.2) is 0 Å². The number of rotatable bonds is 5. The summed E-state index contributed by atoms with van der Waals surface area (Å²) in [6.07, 6.45) is 0.316. The number of hydrogen-bond acceptors (Lipinski definition) is 5. The van der Waals surface area contributed by atoms with Gasteiger partial charge in [-0.2, -0.15) is 0 Å². The second-order valence-corrected chi connectivity index (χ2v) is 8.70. The van der Waals surface area contributed by atoms with Gasteiger partial charge in [-0.25, -0.2) is 0 Å². The van der Waals surface area contributed by atoms with E-state index in [-0.39, 0.29) is 30.6 Å². The van der Waals surface area contributed by atoms with Gasteiger partial charge in [0, 0.05) is 23.7 Å². The first-order valence-electron chi connectivity index (χ1n) is 10.7. The van der Waals surface area contributed by atoms with Crippen LogP contribution >= 0.6 is 0 Å². The highest BCUT2D eigenvalue weighted by Crippen LogP contribution is 2.54. The number of hydrogen-bond donors (Lipinski definition) is 3. The SMILES string of the molecule is C[C@@H](c1ccccc1)N1C(=O)[C@@H]2[C@@H](C1=O)[C@]1(N[C@@H]2CCC(N)=O)C(=O)Nc2ccccc21. The van der Waals surface area contributed by atoms with Gasteiger partial charge in [-0.1, -0.05) is 48.5 Å². The highest BCUT2D eigenvalue weighted by atomic mass is 16.2. The number of benzene rings is 2. The van der Waals surface area contributed by atoms with Crippen molar-refractivity contribution in [3.63, 3.8) is 0 Å². The van der Waals surface area contributed by atoms with Crippen LogP contribution in [0.4, 0.5) is 5.69 Å². The van der Waals surface area contributed by atoms with Crippen molar-refractivity contribution in [3.8, 4) is 0 Å². The summed E-state index contributed by atoms with van der Waals surface area (Å²) in [6.45, 7) is 1.81. The van der Waals surface area contributed by atoms with Crippen LogP contribution in [0.15, 0.2) is 54.6 Å². The zero-order valence-corrected chi connectivity index (χ0v) is 17.6. The summed E-state index contributed by atoms with van der Waals surface area (Å²) in [5.74, 6) is -3.21. The van der Waals surface area contributed by atoms with Gasteiger partial charge in [-0.05, 0) is 25.0 Å². The third-order valence-electron chi connectivity index (χ3n) is 7.03. The fraction of sp³-hybridized carbons (Fsp3) is 0.333. The zero-order chi connectivity index (χ0) is 22.6. The van der Waals surface area contributed by atoms with Gasteiger partial charge in [0.25, 0.3) is 0 Å². The van der Waals surface area contributed by atoms with E-state index in [0.717, 1.165) is 5.56 Å². The van der Waals surface area contributed by atoms with E-state index in [9.17, 15) is 19.2 Å². The number of anilines is 1. The summed E-state index contributed by atoms with van der Waals surface area (Å²) in [5, 5.41) is 6.17. The maximum atomic E-state index is 13.8. The van der Waals surface area contributed by atoms with E-state index in [1.165, 1.54) is 4.90 Å². The Labute approximate surface area is 185 Å². The van der Waals surface area contributed by atoms with E-state index in [2.05, 4.69) is 10.6 Å². The van der Waals surface area contributed by atoms with Crippen LogP contribution < -0.4 is 16.4 Å². The standard InChI is InChI=1S/C24H24N4O4/c1-13(14-7-3-2-4-8-14)28-21(30)19-17(11-12-18(25)29)27-24(20(19)22(28)31)15-9-5-6-10-16(15)26-23(24)32/h2-10,13,17,19-20,27H,11-12H2,1H3,(H2,25,29)(H,26,32)/t13-,17+,19-,20-,24-/m0/s1. The third kappa shape index (κ3) is 2.72. The van der Waals surface area contributed by atoms with E-state index >= 15 is 0 Å². The molecule has 3 aliphatic heterocycles. The molecule has 0 radical (unpaired) electrons. The number of carbonyl (C=O) groups excluding carboxylic acids is 4. The number of carbonyl (C=O) groups is 4. The van der Waals surface area contributed by atoms with Crippen molar-refractivity contribution >= 4 is 29.3 Å². The smallest absolute Gasteiger partial charge is 0.250 e. The molecule has 5 atom stereocenters. The molecule has 8 heteroatoms. The number of amides is 4. The van der Waals surface area contributed by atoms with Crippen molar-refractivity contribution in [2.45, 2.75) is 37.4 Å². The Hall–Kier alpha value is -3.52. The molecule has 4 N–H and O–H groups in total. The fourth-order valence-corrected chi connectivity index (χ4v) is 5.59. The molecule has 32 heavy (non-hydrogen) atoms. The number of likely N-dealkylation sites (tertiary alicyclic amines) is 1. The highest BCUT2D eigenvalue weighted by molar-refractivity contribution is 6.15. The molecular formula is C24H24N4O4. The first kappa shape index (κ1) is 20.4. The Bertz CT molecular complexity index is 1130. The van der Waals surface area contributed by atoms with Gasteiger partial charge in [-0.3, -0.25) is 29.4 Å². The summed E-state index contributed by atoms with van der Waals surface area (Å²) in [7, 11) is 0. The summed E-state index contributed by atoms with van der Waals surface area (Å²) < 4.78 is 0. The van der Waals surface area contributed by atoms with Crippen molar-refractivity contribution in [1.82, 2.24) is 10.2 Å². The molecule has 2 aromatic rings. The lowest BCUT2D eigenvalue weighted by atomic mass is 9.76. The lowest BCUT2D eigenvalue weighted by Crippen LogP contribution is -2.53. The molecule has 2 aromatic carbocycles. The molecule has 0 aliphatic carbocycles. The van der Waals surface area contributed by atoms with Gasteiger partial charge < -0.3 is 11.1 Å². The first-order chi connectivity index (χ1) is 15.4. The van der Waals surface area contributed by atoms with Crippen molar-refractivity contribution in [2.75, 3.05) is 5.32 Å². The first-order valence-corrected chi connectivity index (χ1v) is 10.7. The maximum Gasteiger partial charge on any atom is 0.250 e. The van der Waals surface area contributed by atoms with Crippen LogP contribution in [0.5, 0.6) is 0 Å². The monoisotopic (exact) mass is 432 g/mol. The predicted molar refractivity (Wildman–Crippen MR) is 116 cm³/mol. The number of nitrogens with two attached hydrogens (primary N) is 1. The lowest BCUT2D eigenvalue weighted by molar-refractivity contribution is -0.145. The molecule has 164 valence electrons. The molecular weight excluding hydrogens is 408 g/mol. The molecule has 3 heterocycles. The third-order valence-corrected chi connectivity index (χ3v) is 7.03. The maximum absolute atomic E-state index is 13.8. The van der Waals surface area contributed by atoms with Crippen molar-refractivity contribution in [3.05, 3.63) is 65.7 Å². The Kier molecular flexibility index (Phi) is 4.63. The normalized spacial score (nSPS) is 29.2. The average molecular weight is 432 g/mol. The second kappa shape index (κ2) is 7.27. The fourth-order valence-electron chi connectivity index (χ4n) is 5.59. The molecule has 2 fully saturated rings. The number of nitrogens with one attached hydrogen (secondary N) is 2. The van der Waals surface area contributed by atoms with Crippen molar-refractivity contribution in [1.29, 1.82) is 0 Å². The number of primary amides is 1. The van der Waals surface area contributed by atoms with Crippen LogP contribution in [0.3, 0.4) is 0 Å². The van der Waals surface area contributed by atoms with Crippen molar-refractivity contribution in [2.24, 2.45) is 17.6 Å². The van der Waals surface area contributed by atoms with Gasteiger partial charge in [-0.15, -0.1) is 0 Å². The van der Waals surface area contributed by atoms with E-state index in [0.29, 0.717) is 11.3 Å². The van der Waals surface area contributed by atoms with E-state index in [4.69, 9.17) is 5.73 Å². The Morgan fingerprint density at radius 2 is 1.75 bits per heavy atom. The molecule has 2 saturated heterocycles. The topological polar surface area (TPSA) is 122 Å². The molecule has 0 bridgehead atoms. The van der Waals surface area contributed by atoms with Crippen LogP contribution in [0.25, 0.3) is 0 Å².